The normalized spacial score (nSPS) is 10.9. The smallest absolute Gasteiger partial charge is 0.331 e. The summed E-state index contributed by atoms with van der Waals surface area (Å²) in [5.41, 5.74) is 1.44. The minimum atomic E-state index is -0.318. The van der Waals surface area contributed by atoms with Crippen LogP contribution < -0.4 is 5.69 Å². The van der Waals surface area contributed by atoms with Gasteiger partial charge in [-0.05, 0) is 24.3 Å². The van der Waals surface area contributed by atoms with Gasteiger partial charge in [-0.15, -0.1) is 0 Å². The molecule has 0 saturated heterocycles. The van der Waals surface area contributed by atoms with E-state index in [1.807, 2.05) is 0 Å². The molecule has 5 heteroatoms. The molecule has 0 amide bonds. The molecule has 18 heavy (non-hydrogen) atoms. The van der Waals surface area contributed by atoms with Crippen LogP contribution in [-0.2, 0) is 0 Å². The fourth-order valence-corrected chi connectivity index (χ4v) is 1.99. The number of fused-ring (bicyclic) bond motifs is 1. The molecule has 0 bridgehead atoms. The Labute approximate surface area is 102 Å². The fourth-order valence-electron chi connectivity index (χ4n) is 1.99. The fraction of sp³-hybridized carbons (Fsp3) is 0. The summed E-state index contributed by atoms with van der Waals surface area (Å²) >= 11 is 0. The Hall–Kier alpha value is -2.69. The lowest BCUT2D eigenvalue weighted by atomic mass is 10.2. The average Bonchev–Trinajstić information content (AvgIpc) is 2.64. The van der Waals surface area contributed by atoms with Crippen LogP contribution >= 0.6 is 0 Å². The minimum absolute atomic E-state index is 0.0896. The van der Waals surface area contributed by atoms with Crippen LogP contribution in [0.25, 0.3) is 16.7 Å². The number of imidazole rings is 1. The second-order valence-electron chi connectivity index (χ2n) is 3.99. The first-order valence-corrected chi connectivity index (χ1v) is 5.38. The van der Waals surface area contributed by atoms with Crippen molar-refractivity contribution in [2.45, 2.75) is 0 Å². The molecule has 3 rings (SSSR count). The highest BCUT2D eigenvalue weighted by molar-refractivity contribution is 5.78. The highest BCUT2D eigenvalue weighted by Crippen LogP contribution is 2.21. The molecule has 2 aromatic carbocycles. The zero-order valence-corrected chi connectivity index (χ0v) is 9.29. The van der Waals surface area contributed by atoms with Crippen molar-refractivity contribution in [3.05, 3.63) is 52.9 Å². The number of aromatic hydroxyl groups is 2. The maximum atomic E-state index is 11.9. The second-order valence-corrected chi connectivity index (χ2v) is 3.99. The molecule has 0 aliphatic carbocycles. The lowest BCUT2D eigenvalue weighted by Crippen LogP contribution is -2.14. The van der Waals surface area contributed by atoms with Gasteiger partial charge in [0.2, 0.25) is 0 Å². The Balaban J connectivity index is 2.35. The summed E-state index contributed by atoms with van der Waals surface area (Å²) in [6, 6.07) is 11.1. The molecule has 0 fully saturated rings. The molecule has 90 valence electrons. The number of nitrogens with one attached hydrogen (secondary N) is 1. The topological polar surface area (TPSA) is 78.2 Å². The molecular weight excluding hydrogens is 232 g/mol. The largest absolute Gasteiger partial charge is 0.508 e. The van der Waals surface area contributed by atoms with Crippen LogP contribution in [0.15, 0.2) is 47.3 Å². The maximum absolute atomic E-state index is 11.9. The molecule has 3 N–H and O–H groups in total. The van der Waals surface area contributed by atoms with E-state index in [4.69, 9.17) is 0 Å². The number of aromatic amines is 1. The number of rotatable bonds is 1. The summed E-state index contributed by atoms with van der Waals surface area (Å²) < 4.78 is 1.44. The van der Waals surface area contributed by atoms with E-state index in [0.717, 1.165) is 0 Å². The van der Waals surface area contributed by atoms with Crippen LogP contribution in [0.3, 0.4) is 0 Å². The SMILES string of the molecule is O=c1[nH]c2cc(O)ccc2n1-c1cccc(O)c1. The summed E-state index contributed by atoms with van der Waals surface area (Å²) in [6.45, 7) is 0. The number of hydrogen-bond acceptors (Lipinski definition) is 3. The van der Waals surface area contributed by atoms with Crippen molar-refractivity contribution in [1.29, 1.82) is 0 Å². The first-order chi connectivity index (χ1) is 8.65. The van der Waals surface area contributed by atoms with Gasteiger partial charge in [0.15, 0.2) is 0 Å². The average molecular weight is 242 g/mol. The van der Waals surface area contributed by atoms with Crippen LogP contribution in [0, 0.1) is 0 Å². The highest BCUT2D eigenvalue weighted by Gasteiger charge is 2.09. The van der Waals surface area contributed by atoms with Gasteiger partial charge in [-0.1, -0.05) is 6.07 Å². The van der Waals surface area contributed by atoms with Crippen LogP contribution in [0.4, 0.5) is 0 Å². The van der Waals surface area contributed by atoms with Crippen molar-refractivity contribution < 1.29 is 10.2 Å². The van der Waals surface area contributed by atoms with E-state index >= 15 is 0 Å². The number of H-pyrrole nitrogens is 1. The quantitative estimate of drug-likeness (QED) is 0.608. The summed E-state index contributed by atoms with van der Waals surface area (Å²) in [5, 5.41) is 18.8. The third-order valence-electron chi connectivity index (χ3n) is 2.75. The molecule has 0 saturated carbocycles. The molecule has 0 aliphatic rings. The molecule has 0 unspecified atom stereocenters. The molecule has 0 atom stereocenters. The number of phenolic OH excluding ortho intramolecular Hbond substituents is 2. The van der Waals surface area contributed by atoms with Crippen molar-refractivity contribution in [2.75, 3.05) is 0 Å². The van der Waals surface area contributed by atoms with Crippen LogP contribution in [-0.4, -0.2) is 19.8 Å². The van der Waals surface area contributed by atoms with E-state index in [0.29, 0.717) is 16.7 Å². The van der Waals surface area contributed by atoms with Gasteiger partial charge in [0.25, 0.3) is 0 Å². The molecule has 0 spiro atoms. The summed E-state index contributed by atoms with van der Waals surface area (Å²) in [4.78, 5) is 14.6. The Morgan fingerprint density at radius 1 is 1.00 bits per heavy atom. The Kier molecular flexibility index (Phi) is 2.13. The van der Waals surface area contributed by atoms with E-state index in [9.17, 15) is 15.0 Å². The van der Waals surface area contributed by atoms with Crippen LogP contribution in [0.5, 0.6) is 11.5 Å². The summed E-state index contributed by atoms with van der Waals surface area (Å²) in [6.07, 6.45) is 0. The van der Waals surface area contributed by atoms with E-state index < -0.39 is 0 Å². The van der Waals surface area contributed by atoms with Crippen molar-refractivity contribution >= 4 is 11.0 Å². The predicted molar refractivity (Wildman–Crippen MR) is 67.2 cm³/mol. The summed E-state index contributed by atoms with van der Waals surface area (Å²) in [7, 11) is 0. The third kappa shape index (κ3) is 1.53. The van der Waals surface area contributed by atoms with Gasteiger partial charge in [-0.25, -0.2) is 4.79 Å². The highest BCUT2D eigenvalue weighted by atomic mass is 16.3. The third-order valence-corrected chi connectivity index (χ3v) is 2.75. The van der Waals surface area contributed by atoms with Gasteiger partial charge in [0.1, 0.15) is 11.5 Å². The van der Waals surface area contributed by atoms with Crippen molar-refractivity contribution in [1.82, 2.24) is 9.55 Å². The second kappa shape index (κ2) is 3.66. The van der Waals surface area contributed by atoms with Gasteiger partial charge in [0, 0.05) is 12.1 Å². The molecule has 3 aromatic rings. The van der Waals surface area contributed by atoms with Crippen molar-refractivity contribution in [3.63, 3.8) is 0 Å². The zero-order valence-electron chi connectivity index (χ0n) is 9.29. The lowest BCUT2D eigenvalue weighted by molar-refractivity contribution is 0.474. The monoisotopic (exact) mass is 242 g/mol. The van der Waals surface area contributed by atoms with Gasteiger partial charge in [0.05, 0.1) is 16.7 Å². The van der Waals surface area contributed by atoms with Crippen molar-refractivity contribution in [2.24, 2.45) is 0 Å². The van der Waals surface area contributed by atoms with Crippen molar-refractivity contribution in [3.8, 4) is 17.2 Å². The maximum Gasteiger partial charge on any atom is 0.331 e. The molecule has 1 aromatic heterocycles. The van der Waals surface area contributed by atoms with E-state index in [1.165, 1.54) is 28.8 Å². The Morgan fingerprint density at radius 2 is 1.78 bits per heavy atom. The van der Waals surface area contributed by atoms with Crippen LogP contribution in [0.2, 0.25) is 0 Å². The van der Waals surface area contributed by atoms with E-state index in [2.05, 4.69) is 4.98 Å². The molecule has 1 heterocycles. The number of benzene rings is 2. The Morgan fingerprint density at radius 3 is 2.56 bits per heavy atom. The van der Waals surface area contributed by atoms with Gasteiger partial charge in [-0.2, -0.15) is 0 Å². The number of nitrogens with zero attached hydrogens (tertiary/aromatic N) is 1. The standard InChI is InChI=1S/C13H10N2O3/c16-9-3-1-2-8(6-9)15-12-5-4-10(17)7-11(12)14-13(15)18/h1-7,16-17H,(H,14,18). The van der Waals surface area contributed by atoms with E-state index in [1.54, 1.807) is 18.2 Å². The van der Waals surface area contributed by atoms with Gasteiger partial charge >= 0.3 is 5.69 Å². The van der Waals surface area contributed by atoms with Gasteiger partial charge < -0.3 is 15.2 Å². The van der Waals surface area contributed by atoms with Crippen LogP contribution in [0.1, 0.15) is 0 Å². The Bertz CT molecular complexity index is 786. The number of hydrogen-bond donors (Lipinski definition) is 3. The molecule has 0 aliphatic heterocycles. The van der Waals surface area contributed by atoms with Gasteiger partial charge in [-0.3, -0.25) is 4.57 Å². The minimum Gasteiger partial charge on any atom is -0.508 e. The van der Waals surface area contributed by atoms with E-state index in [-0.39, 0.29) is 17.2 Å². The first-order valence-electron chi connectivity index (χ1n) is 5.38. The molecule has 5 nitrogen and oxygen atoms in total. The molecule has 0 radical (unpaired) electrons. The lowest BCUT2D eigenvalue weighted by Gasteiger charge is -2.03. The first kappa shape index (κ1) is 10.5. The predicted octanol–water partition coefficient (Wildman–Crippen LogP) is 1.73. The number of aromatic nitrogens is 2. The summed E-state index contributed by atoms with van der Waals surface area (Å²) in [5.74, 6) is 0.180. The zero-order chi connectivity index (χ0) is 12.7. The number of phenols is 2. The molecular formula is C13H10N2O3.